The third-order valence-corrected chi connectivity index (χ3v) is 3.77. The summed E-state index contributed by atoms with van der Waals surface area (Å²) in [6, 6.07) is 7.54. The van der Waals surface area contributed by atoms with Crippen molar-refractivity contribution in [3.8, 4) is 0 Å². The predicted octanol–water partition coefficient (Wildman–Crippen LogP) is 1.37. The number of nitrogens with zero attached hydrogens (tertiary/aromatic N) is 1. The molecule has 1 amide bonds. The molecule has 19 heavy (non-hydrogen) atoms. The van der Waals surface area contributed by atoms with Gasteiger partial charge in [-0.2, -0.15) is 0 Å². The fourth-order valence-corrected chi connectivity index (χ4v) is 2.36. The van der Waals surface area contributed by atoms with Crippen molar-refractivity contribution in [2.24, 2.45) is 5.73 Å². The smallest absolute Gasteiger partial charge is 0.226 e. The van der Waals surface area contributed by atoms with Crippen LogP contribution in [0.15, 0.2) is 28.8 Å². The van der Waals surface area contributed by atoms with Crippen molar-refractivity contribution in [3.05, 3.63) is 30.0 Å². The van der Waals surface area contributed by atoms with Gasteiger partial charge in [0.1, 0.15) is 5.69 Å². The SMILES string of the molecule is NC1(CNC(=O)Cc2noc3ccccc23)CCC1. The molecule has 0 spiro atoms. The average molecular weight is 259 g/mol. The molecule has 1 aromatic heterocycles. The van der Waals surface area contributed by atoms with E-state index in [0.29, 0.717) is 17.8 Å². The molecular weight excluding hydrogens is 242 g/mol. The quantitative estimate of drug-likeness (QED) is 0.868. The lowest BCUT2D eigenvalue weighted by Gasteiger charge is -2.38. The Bertz CT molecular complexity index is 602. The van der Waals surface area contributed by atoms with E-state index < -0.39 is 0 Å². The Hall–Kier alpha value is -1.88. The van der Waals surface area contributed by atoms with E-state index in [1.807, 2.05) is 24.3 Å². The van der Waals surface area contributed by atoms with Gasteiger partial charge in [0.2, 0.25) is 5.91 Å². The summed E-state index contributed by atoms with van der Waals surface area (Å²) in [7, 11) is 0. The van der Waals surface area contributed by atoms with Crippen molar-refractivity contribution >= 4 is 16.9 Å². The summed E-state index contributed by atoms with van der Waals surface area (Å²) in [6.07, 6.45) is 3.35. The molecule has 2 aromatic rings. The molecule has 1 saturated carbocycles. The highest BCUT2D eigenvalue weighted by Gasteiger charge is 2.32. The number of carbonyl (C=O) groups excluding carboxylic acids is 1. The summed E-state index contributed by atoms with van der Waals surface area (Å²) in [4.78, 5) is 11.9. The molecule has 1 aromatic carbocycles. The fourth-order valence-electron chi connectivity index (χ4n) is 2.36. The Morgan fingerprint density at radius 3 is 2.95 bits per heavy atom. The Kier molecular flexibility index (Phi) is 2.98. The number of benzene rings is 1. The van der Waals surface area contributed by atoms with Gasteiger partial charge in [0.15, 0.2) is 5.58 Å². The molecular formula is C14H17N3O2. The molecule has 1 fully saturated rings. The van der Waals surface area contributed by atoms with Gasteiger partial charge in [0, 0.05) is 17.5 Å². The van der Waals surface area contributed by atoms with E-state index in [1.165, 1.54) is 0 Å². The monoisotopic (exact) mass is 259 g/mol. The molecule has 0 saturated heterocycles. The number of fused-ring (bicyclic) bond motifs is 1. The Morgan fingerprint density at radius 1 is 1.42 bits per heavy atom. The molecule has 0 atom stereocenters. The van der Waals surface area contributed by atoms with Crippen LogP contribution in [0.3, 0.4) is 0 Å². The number of aromatic nitrogens is 1. The lowest BCUT2D eigenvalue weighted by atomic mass is 9.78. The molecule has 0 unspecified atom stereocenters. The molecule has 0 radical (unpaired) electrons. The number of nitrogens with two attached hydrogens (primary N) is 1. The van der Waals surface area contributed by atoms with Crippen LogP contribution in [0.1, 0.15) is 25.0 Å². The Balaban J connectivity index is 1.63. The summed E-state index contributed by atoms with van der Waals surface area (Å²) in [5.41, 5.74) is 7.26. The summed E-state index contributed by atoms with van der Waals surface area (Å²) >= 11 is 0. The highest BCUT2D eigenvalue weighted by Crippen LogP contribution is 2.28. The molecule has 100 valence electrons. The molecule has 5 heteroatoms. The van der Waals surface area contributed by atoms with E-state index in [0.717, 1.165) is 24.6 Å². The first-order valence-corrected chi connectivity index (χ1v) is 6.55. The second-order valence-corrected chi connectivity index (χ2v) is 5.29. The number of carbonyl (C=O) groups is 1. The number of nitrogens with one attached hydrogen (secondary N) is 1. The number of hydrogen-bond acceptors (Lipinski definition) is 4. The van der Waals surface area contributed by atoms with Crippen molar-refractivity contribution in [2.75, 3.05) is 6.54 Å². The lowest BCUT2D eigenvalue weighted by molar-refractivity contribution is -0.120. The topological polar surface area (TPSA) is 81.1 Å². The van der Waals surface area contributed by atoms with Crippen molar-refractivity contribution in [1.29, 1.82) is 0 Å². The minimum absolute atomic E-state index is 0.0595. The molecule has 1 heterocycles. The minimum Gasteiger partial charge on any atom is -0.356 e. The first-order valence-electron chi connectivity index (χ1n) is 6.55. The Morgan fingerprint density at radius 2 is 2.21 bits per heavy atom. The van der Waals surface area contributed by atoms with E-state index in [2.05, 4.69) is 10.5 Å². The highest BCUT2D eigenvalue weighted by atomic mass is 16.5. The van der Waals surface area contributed by atoms with Gasteiger partial charge in [0.25, 0.3) is 0 Å². The van der Waals surface area contributed by atoms with Gasteiger partial charge in [-0.05, 0) is 31.4 Å². The van der Waals surface area contributed by atoms with Crippen molar-refractivity contribution in [3.63, 3.8) is 0 Å². The maximum Gasteiger partial charge on any atom is 0.226 e. The van der Waals surface area contributed by atoms with Crippen molar-refractivity contribution in [1.82, 2.24) is 10.5 Å². The van der Waals surface area contributed by atoms with E-state index in [-0.39, 0.29) is 17.9 Å². The van der Waals surface area contributed by atoms with Crippen LogP contribution in [0.4, 0.5) is 0 Å². The van der Waals surface area contributed by atoms with Gasteiger partial charge in [-0.1, -0.05) is 17.3 Å². The van der Waals surface area contributed by atoms with E-state index >= 15 is 0 Å². The van der Waals surface area contributed by atoms with Gasteiger partial charge in [-0.25, -0.2) is 0 Å². The average Bonchev–Trinajstić information content (AvgIpc) is 2.78. The third-order valence-electron chi connectivity index (χ3n) is 3.77. The van der Waals surface area contributed by atoms with Crippen LogP contribution >= 0.6 is 0 Å². The largest absolute Gasteiger partial charge is 0.356 e. The second-order valence-electron chi connectivity index (χ2n) is 5.29. The molecule has 3 N–H and O–H groups in total. The van der Waals surface area contributed by atoms with Gasteiger partial charge >= 0.3 is 0 Å². The summed E-state index contributed by atoms with van der Waals surface area (Å²) in [5.74, 6) is -0.0595. The van der Waals surface area contributed by atoms with Crippen LogP contribution < -0.4 is 11.1 Å². The molecule has 0 aliphatic heterocycles. The van der Waals surface area contributed by atoms with Gasteiger partial charge in [-0.15, -0.1) is 0 Å². The van der Waals surface area contributed by atoms with Gasteiger partial charge in [0.05, 0.1) is 6.42 Å². The molecule has 1 aliphatic rings. The van der Waals surface area contributed by atoms with Crippen LogP contribution in [0.2, 0.25) is 0 Å². The van der Waals surface area contributed by atoms with Crippen LogP contribution in [-0.4, -0.2) is 23.1 Å². The van der Waals surface area contributed by atoms with E-state index in [9.17, 15) is 4.79 Å². The summed E-state index contributed by atoms with van der Waals surface area (Å²) in [6.45, 7) is 0.543. The molecule has 1 aliphatic carbocycles. The lowest BCUT2D eigenvalue weighted by Crippen LogP contribution is -2.55. The zero-order chi connectivity index (χ0) is 13.3. The number of hydrogen-bond donors (Lipinski definition) is 2. The summed E-state index contributed by atoms with van der Waals surface area (Å²) < 4.78 is 5.17. The zero-order valence-corrected chi connectivity index (χ0v) is 10.7. The van der Waals surface area contributed by atoms with E-state index in [1.54, 1.807) is 0 Å². The molecule has 0 bridgehead atoms. The summed E-state index contributed by atoms with van der Waals surface area (Å²) in [5, 5.41) is 7.72. The number of rotatable bonds is 4. The predicted molar refractivity (Wildman–Crippen MR) is 71.5 cm³/mol. The van der Waals surface area contributed by atoms with Gasteiger partial charge < -0.3 is 15.6 Å². The second kappa shape index (κ2) is 4.66. The number of amides is 1. The zero-order valence-electron chi connectivity index (χ0n) is 10.7. The minimum atomic E-state index is -0.193. The Labute approximate surface area is 111 Å². The number of para-hydroxylation sites is 1. The van der Waals surface area contributed by atoms with Crippen molar-refractivity contribution < 1.29 is 9.32 Å². The molecule has 3 rings (SSSR count). The van der Waals surface area contributed by atoms with Gasteiger partial charge in [-0.3, -0.25) is 4.79 Å². The first kappa shape index (κ1) is 12.2. The van der Waals surface area contributed by atoms with E-state index in [4.69, 9.17) is 10.3 Å². The third kappa shape index (κ3) is 2.46. The van der Waals surface area contributed by atoms with Crippen LogP contribution in [0.25, 0.3) is 11.0 Å². The normalized spacial score (nSPS) is 17.1. The molecule has 5 nitrogen and oxygen atoms in total. The fraction of sp³-hybridized carbons (Fsp3) is 0.429. The van der Waals surface area contributed by atoms with Crippen LogP contribution in [0.5, 0.6) is 0 Å². The van der Waals surface area contributed by atoms with Crippen LogP contribution in [-0.2, 0) is 11.2 Å². The maximum atomic E-state index is 11.9. The van der Waals surface area contributed by atoms with Crippen molar-refractivity contribution in [2.45, 2.75) is 31.2 Å². The first-order chi connectivity index (χ1) is 9.16. The highest BCUT2D eigenvalue weighted by molar-refractivity contribution is 5.86. The van der Waals surface area contributed by atoms with Crippen LogP contribution in [0, 0.1) is 0 Å². The standard InChI is InChI=1S/C14H17N3O2/c15-14(6-3-7-14)9-16-13(18)8-11-10-4-1-2-5-12(10)19-17-11/h1-2,4-5H,3,6-9,15H2,(H,16,18). The maximum absolute atomic E-state index is 11.9.